The number of nitrogens with two attached hydrogens (primary N) is 1. The summed E-state index contributed by atoms with van der Waals surface area (Å²) in [6.07, 6.45) is -0.348. The van der Waals surface area contributed by atoms with Gasteiger partial charge in [0.2, 0.25) is 5.78 Å². The smallest absolute Gasteiger partial charge is 0.272 e. The van der Waals surface area contributed by atoms with E-state index in [1.165, 1.54) is 27.3 Å². The van der Waals surface area contributed by atoms with Gasteiger partial charge in [-0.3, -0.25) is 9.00 Å². The number of nitrogen functional groups attached to an aromatic ring is 1. The van der Waals surface area contributed by atoms with Crippen LogP contribution < -0.4 is 15.2 Å². The number of rotatable bonds is 10. The van der Waals surface area contributed by atoms with Crippen molar-refractivity contribution < 1.29 is 36.2 Å². The van der Waals surface area contributed by atoms with E-state index in [0.717, 1.165) is 0 Å². The lowest BCUT2D eigenvalue weighted by Gasteiger charge is -2.33. The molecule has 3 heterocycles. The van der Waals surface area contributed by atoms with Gasteiger partial charge in [-0.05, 0) is 85.3 Å². The van der Waals surface area contributed by atoms with Crippen molar-refractivity contribution in [1.29, 1.82) is 0 Å². The molecule has 0 saturated carbocycles. The maximum atomic E-state index is 14.1. The molecule has 2 aromatic heterocycles. The number of H-pyrrole nitrogens is 1. The fourth-order valence-electron chi connectivity index (χ4n) is 5.62. The number of alkyl halides is 2. The molecule has 1 atom stereocenters. The Labute approximate surface area is 264 Å². The summed E-state index contributed by atoms with van der Waals surface area (Å²) < 4.78 is 76.8. The molecule has 14 heteroatoms. The van der Waals surface area contributed by atoms with Crippen molar-refractivity contribution in [2.45, 2.75) is 32.1 Å². The lowest BCUT2D eigenvalue weighted by Crippen LogP contribution is -2.34. The van der Waals surface area contributed by atoms with Crippen molar-refractivity contribution in [3.05, 3.63) is 95.1 Å². The van der Waals surface area contributed by atoms with Crippen LogP contribution in [0.5, 0.6) is 17.2 Å². The van der Waals surface area contributed by atoms with Gasteiger partial charge < -0.3 is 24.7 Å². The Hall–Kier alpha value is -4.66. The number of aryl methyl sites for hydroxylation is 1. The van der Waals surface area contributed by atoms with Gasteiger partial charge in [0.05, 0.1) is 23.1 Å². The zero-order valence-electron chi connectivity index (χ0n) is 24.5. The van der Waals surface area contributed by atoms with Crippen LogP contribution in [0.2, 0.25) is 0 Å². The van der Waals surface area contributed by atoms with Crippen LogP contribution in [0.3, 0.4) is 0 Å². The Morgan fingerprint density at radius 2 is 1.87 bits per heavy atom. The molecular formula is C32H29F3N5O5S-. The third-order valence-corrected chi connectivity index (χ3v) is 8.76. The second kappa shape index (κ2) is 13.0. The van der Waals surface area contributed by atoms with Crippen molar-refractivity contribution in [1.82, 2.24) is 19.1 Å². The number of hydrogen-bond donors (Lipinski definition) is 2. The molecule has 10 nitrogen and oxygen atoms in total. The predicted molar refractivity (Wildman–Crippen MR) is 165 cm³/mol. The number of benzene rings is 3. The van der Waals surface area contributed by atoms with Crippen LogP contribution in [-0.2, 0) is 11.3 Å². The molecule has 5 aromatic rings. The molecule has 3 aromatic carbocycles. The second-order valence-corrected chi connectivity index (χ2v) is 11.9. The first-order valence-corrected chi connectivity index (χ1v) is 15.5. The van der Waals surface area contributed by atoms with Gasteiger partial charge in [0, 0.05) is 35.3 Å². The van der Waals surface area contributed by atoms with Gasteiger partial charge in [0.15, 0.2) is 11.6 Å². The van der Waals surface area contributed by atoms with Crippen LogP contribution >= 0.6 is 0 Å². The number of nitrogens with one attached hydrogen (secondary N) is 1. The van der Waals surface area contributed by atoms with E-state index in [0.29, 0.717) is 59.4 Å². The number of ketones is 1. The molecule has 1 unspecified atom stereocenters. The van der Waals surface area contributed by atoms with E-state index in [4.69, 9.17) is 15.2 Å². The number of carbonyl (C=O) groups is 1. The maximum Gasteiger partial charge on any atom is 0.272 e. The Morgan fingerprint density at radius 3 is 2.57 bits per heavy atom. The first-order valence-electron chi connectivity index (χ1n) is 14.4. The SMILES string of the molecule is Cc1cc(-n2ncc(C(=O)c3cc4cc(OCC(F)F)c(C5CCN(S(=O)[O-])CC5)cc4[nH]3)c2N)ccc1Oc1ccccc1F. The third kappa shape index (κ3) is 6.36. The van der Waals surface area contributed by atoms with Gasteiger partial charge in [-0.25, -0.2) is 22.2 Å². The minimum absolute atomic E-state index is 0.0883. The molecule has 6 rings (SSSR count). The molecule has 1 aliphatic rings. The lowest BCUT2D eigenvalue weighted by atomic mass is 9.89. The largest absolute Gasteiger partial charge is 0.760 e. The average Bonchev–Trinajstić information content (AvgIpc) is 3.64. The number of para-hydroxylation sites is 1. The highest BCUT2D eigenvalue weighted by molar-refractivity contribution is 7.76. The van der Waals surface area contributed by atoms with Gasteiger partial charge in [-0.1, -0.05) is 12.1 Å². The van der Waals surface area contributed by atoms with Crippen molar-refractivity contribution in [2.24, 2.45) is 0 Å². The van der Waals surface area contributed by atoms with Crippen molar-refractivity contribution >= 4 is 33.8 Å². The van der Waals surface area contributed by atoms with Crippen LogP contribution in [0.1, 0.15) is 45.9 Å². The molecule has 0 spiro atoms. The maximum absolute atomic E-state index is 14.1. The van der Waals surface area contributed by atoms with Gasteiger partial charge >= 0.3 is 0 Å². The molecule has 0 bridgehead atoms. The number of aromatic amines is 1. The number of halogens is 3. The highest BCUT2D eigenvalue weighted by Gasteiger charge is 2.26. The zero-order valence-corrected chi connectivity index (χ0v) is 25.4. The number of anilines is 1. The van der Waals surface area contributed by atoms with Crippen molar-refractivity contribution in [3.63, 3.8) is 0 Å². The molecule has 0 aliphatic carbocycles. The van der Waals surface area contributed by atoms with Crippen molar-refractivity contribution in [3.8, 4) is 22.9 Å². The van der Waals surface area contributed by atoms with E-state index in [9.17, 15) is 26.7 Å². The quantitative estimate of drug-likeness (QED) is 0.139. The minimum Gasteiger partial charge on any atom is -0.760 e. The monoisotopic (exact) mass is 652 g/mol. The first-order chi connectivity index (χ1) is 22.1. The van der Waals surface area contributed by atoms with E-state index >= 15 is 0 Å². The number of fused-ring (bicyclic) bond motifs is 1. The van der Waals surface area contributed by atoms with E-state index in [-0.39, 0.29) is 34.5 Å². The molecular weight excluding hydrogens is 623 g/mol. The summed E-state index contributed by atoms with van der Waals surface area (Å²) in [4.78, 5) is 16.7. The van der Waals surface area contributed by atoms with Crippen LogP contribution in [0.25, 0.3) is 16.6 Å². The summed E-state index contributed by atoms with van der Waals surface area (Å²) in [5, 5.41) is 4.89. The summed E-state index contributed by atoms with van der Waals surface area (Å²) >= 11 is -2.33. The molecule has 3 N–H and O–H groups in total. The molecule has 46 heavy (non-hydrogen) atoms. The summed E-state index contributed by atoms with van der Waals surface area (Å²) in [5.74, 6) is -0.163. The Bertz CT molecular complexity index is 1940. The van der Waals surface area contributed by atoms with E-state index in [1.807, 2.05) is 0 Å². The molecule has 0 amide bonds. The topological polar surface area (TPSA) is 139 Å². The summed E-state index contributed by atoms with van der Waals surface area (Å²) in [6, 6.07) is 16.1. The molecule has 0 radical (unpaired) electrons. The summed E-state index contributed by atoms with van der Waals surface area (Å²) in [5.41, 5.74) is 9.24. The number of nitrogens with zero attached hydrogens (tertiary/aromatic N) is 3. The Balaban J connectivity index is 1.26. The lowest BCUT2D eigenvalue weighted by molar-refractivity contribution is 0.0811. The highest BCUT2D eigenvalue weighted by Crippen LogP contribution is 2.38. The normalized spacial score (nSPS) is 15.0. The van der Waals surface area contributed by atoms with E-state index < -0.39 is 35.9 Å². The number of aromatic nitrogens is 3. The van der Waals surface area contributed by atoms with Gasteiger partial charge in [0.1, 0.15) is 23.9 Å². The standard InChI is InChI=1S/C32H30F3N5O5S/c1-18-12-21(6-7-27(18)45-28-5-3-2-4-24(28)33)40-32(36)23(16-37-40)31(41)26-13-20-14-29(44-17-30(34)35)22(15-25(20)38-26)19-8-10-39(11-9-19)46(42)43/h2-7,12-16,19,30,38H,8-11,17,36H2,1H3,(H,42,43)/p-1. The van der Waals surface area contributed by atoms with Gasteiger partial charge in [-0.15, -0.1) is 0 Å². The van der Waals surface area contributed by atoms with Gasteiger partial charge in [0.25, 0.3) is 6.43 Å². The summed E-state index contributed by atoms with van der Waals surface area (Å²) in [7, 11) is 0. The highest BCUT2D eigenvalue weighted by atomic mass is 32.2. The third-order valence-electron chi connectivity index (χ3n) is 7.98. The van der Waals surface area contributed by atoms with Crippen LogP contribution in [-0.4, -0.2) is 59.7 Å². The van der Waals surface area contributed by atoms with Gasteiger partial charge in [-0.2, -0.15) is 5.10 Å². The second-order valence-electron chi connectivity index (χ2n) is 10.9. The fraction of sp³-hybridized carbons (Fsp3) is 0.250. The van der Waals surface area contributed by atoms with Crippen molar-refractivity contribution in [2.75, 3.05) is 25.4 Å². The van der Waals surface area contributed by atoms with Crippen LogP contribution in [0.15, 0.2) is 66.9 Å². The van der Waals surface area contributed by atoms with E-state index in [1.54, 1.807) is 55.5 Å². The molecule has 1 fully saturated rings. The molecule has 240 valence electrons. The Kier molecular flexibility index (Phi) is 8.84. The minimum atomic E-state index is -2.68. The van der Waals surface area contributed by atoms with Crippen LogP contribution in [0, 0.1) is 12.7 Å². The number of carbonyl (C=O) groups excluding carboxylic acids is 1. The number of piperidine rings is 1. The fourth-order valence-corrected chi connectivity index (χ4v) is 6.13. The Morgan fingerprint density at radius 1 is 1.11 bits per heavy atom. The molecule has 1 aliphatic heterocycles. The predicted octanol–water partition coefficient (Wildman–Crippen LogP) is 6.02. The number of hydrogen-bond acceptors (Lipinski definition) is 7. The number of ether oxygens (including phenoxy) is 2. The molecule has 1 saturated heterocycles. The summed E-state index contributed by atoms with van der Waals surface area (Å²) in [6.45, 7) is 1.58. The van der Waals surface area contributed by atoms with Crippen LogP contribution in [0.4, 0.5) is 19.0 Å². The first kappa shape index (κ1) is 31.3. The van der Waals surface area contributed by atoms with E-state index in [2.05, 4.69) is 10.1 Å². The zero-order chi connectivity index (χ0) is 32.5. The average molecular weight is 653 g/mol.